The molecular formula is C22H25NO3. The van der Waals surface area contributed by atoms with E-state index in [9.17, 15) is 9.90 Å². The fraction of sp³-hybridized carbons (Fsp3) is 0.409. The average molecular weight is 351 g/mol. The molecule has 1 atom stereocenters. The van der Waals surface area contributed by atoms with Crippen molar-refractivity contribution in [3.05, 3.63) is 65.7 Å². The zero-order valence-corrected chi connectivity index (χ0v) is 14.9. The summed E-state index contributed by atoms with van der Waals surface area (Å²) in [5, 5.41) is 10.6. The second-order valence-corrected chi connectivity index (χ2v) is 7.54. The quantitative estimate of drug-likeness (QED) is 0.870. The molecule has 1 saturated heterocycles. The van der Waals surface area contributed by atoms with Crippen LogP contribution in [0.25, 0.3) is 0 Å². The van der Waals surface area contributed by atoms with Crippen LogP contribution in [0.15, 0.2) is 54.6 Å². The minimum Gasteiger partial charge on any atom is -0.489 e. The largest absolute Gasteiger partial charge is 0.489 e. The third kappa shape index (κ3) is 3.91. The molecule has 1 saturated carbocycles. The highest BCUT2D eigenvalue weighted by Gasteiger charge is 2.48. The van der Waals surface area contributed by atoms with Crippen LogP contribution in [0, 0.1) is 5.92 Å². The van der Waals surface area contributed by atoms with Gasteiger partial charge in [0.05, 0.1) is 12.0 Å². The first-order valence-corrected chi connectivity index (χ1v) is 9.38. The maximum atomic E-state index is 12.5. The van der Waals surface area contributed by atoms with Crippen LogP contribution in [0.2, 0.25) is 0 Å². The Morgan fingerprint density at radius 1 is 1.08 bits per heavy atom. The Morgan fingerprint density at radius 2 is 1.81 bits per heavy atom. The normalized spacial score (nSPS) is 22.4. The highest BCUT2D eigenvalue weighted by molar-refractivity contribution is 5.79. The highest BCUT2D eigenvalue weighted by Crippen LogP contribution is 2.44. The fourth-order valence-electron chi connectivity index (χ4n) is 3.71. The Bertz CT molecular complexity index is 755. The SMILES string of the molecule is O=C(Cc1ccc(OCc2ccccc2)cc1)N1CCC(O)(C2CC2)C1. The Labute approximate surface area is 154 Å². The first-order valence-electron chi connectivity index (χ1n) is 9.38. The molecule has 1 heterocycles. The maximum absolute atomic E-state index is 12.5. The van der Waals surface area contributed by atoms with Crippen LogP contribution in [-0.2, 0) is 17.8 Å². The smallest absolute Gasteiger partial charge is 0.227 e. The zero-order valence-electron chi connectivity index (χ0n) is 14.9. The van der Waals surface area contributed by atoms with E-state index in [4.69, 9.17) is 4.74 Å². The van der Waals surface area contributed by atoms with Crippen LogP contribution >= 0.6 is 0 Å². The number of ether oxygens (including phenoxy) is 1. The van der Waals surface area contributed by atoms with Crippen molar-refractivity contribution in [2.24, 2.45) is 5.92 Å². The molecule has 0 radical (unpaired) electrons. The molecule has 1 aliphatic carbocycles. The van der Waals surface area contributed by atoms with Gasteiger partial charge in [0.1, 0.15) is 12.4 Å². The minimum atomic E-state index is -0.634. The summed E-state index contributed by atoms with van der Waals surface area (Å²) >= 11 is 0. The predicted molar refractivity (Wildman–Crippen MR) is 99.8 cm³/mol. The maximum Gasteiger partial charge on any atom is 0.227 e. The van der Waals surface area contributed by atoms with Gasteiger partial charge in [-0.3, -0.25) is 4.79 Å². The number of β-amino-alcohol motifs (C(OH)–C–C–N with tert-alkyl or cyclic N) is 1. The van der Waals surface area contributed by atoms with Gasteiger partial charge in [-0.15, -0.1) is 0 Å². The van der Waals surface area contributed by atoms with Gasteiger partial charge < -0.3 is 14.7 Å². The molecule has 4 rings (SSSR count). The molecule has 1 N–H and O–H groups in total. The summed E-state index contributed by atoms with van der Waals surface area (Å²) in [7, 11) is 0. The molecule has 0 bridgehead atoms. The van der Waals surface area contributed by atoms with Crippen LogP contribution in [0.1, 0.15) is 30.4 Å². The van der Waals surface area contributed by atoms with E-state index in [2.05, 4.69) is 0 Å². The number of hydrogen-bond donors (Lipinski definition) is 1. The Morgan fingerprint density at radius 3 is 2.50 bits per heavy atom. The summed E-state index contributed by atoms with van der Waals surface area (Å²) in [5.74, 6) is 1.30. The molecule has 0 aromatic heterocycles. The molecule has 4 nitrogen and oxygen atoms in total. The number of aliphatic hydroxyl groups is 1. The molecule has 2 fully saturated rings. The molecule has 1 amide bonds. The van der Waals surface area contributed by atoms with Crippen molar-refractivity contribution in [1.82, 2.24) is 4.90 Å². The van der Waals surface area contributed by atoms with Gasteiger partial charge in [0.15, 0.2) is 0 Å². The first-order chi connectivity index (χ1) is 12.6. The van der Waals surface area contributed by atoms with Gasteiger partial charge in [0.25, 0.3) is 0 Å². The summed E-state index contributed by atoms with van der Waals surface area (Å²) < 4.78 is 5.78. The number of hydrogen-bond acceptors (Lipinski definition) is 3. The molecule has 2 aliphatic rings. The molecule has 2 aromatic rings. The van der Waals surface area contributed by atoms with Crippen molar-refractivity contribution in [2.75, 3.05) is 13.1 Å². The molecule has 26 heavy (non-hydrogen) atoms. The Balaban J connectivity index is 1.29. The van der Waals surface area contributed by atoms with E-state index in [1.807, 2.05) is 59.5 Å². The van der Waals surface area contributed by atoms with E-state index >= 15 is 0 Å². The van der Waals surface area contributed by atoms with Gasteiger partial charge in [-0.25, -0.2) is 0 Å². The average Bonchev–Trinajstić information content (AvgIpc) is 3.45. The van der Waals surface area contributed by atoms with Crippen molar-refractivity contribution >= 4 is 5.91 Å². The van der Waals surface area contributed by atoms with E-state index in [1.165, 1.54) is 0 Å². The Hall–Kier alpha value is -2.33. The van der Waals surface area contributed by atoms with Crippen molar-refractivity contribution in [3.63, 3.8) is 0 Å². The fourth-order valence-corrected chi connectivity index (χ4v) is 3.71. The van der Waals surface area contributed by atoms with Gasteiger partial charge in [0, 0.05) is 13.1 Å². The van der Waals surface area contributed by atoms with Crippen LogP contribution < -0.4 is 4.74 Å². The number of amides is 1. The van der Waals surface area contributed by atoms with Crippen molar-refractivity contribution in [2.45, 2.75) is 37.9 Å². The summed E-state index contributed by atoms with van der Waals surface area (Å²) in [6, 6.07) is 17.8. The second-order valence-electron chi connectivity index (χ2n) is 7.54. The standard InChI is InChI=1S/C22H25NO3/c24-21(23-13-12-22(25,16-23)19-8-9-19)14-17-6-10-20(11-7-17)26-15-18-4-2-1-3-5-18/h1-7,10-11,19,25H,8-9,12-16H2. The van der Waals surface area contributed by atoms with Gasteiger partial charge in [-0.05, 0) is 48.4 Å². The summed E-state index contributed by atoms with van der Waals surface area (Å²) in [6.07, 6.45) is 3.29. The summed E-state index contributed by atoms with van der Waals surface area (Å²) in [6.45, 7) is 1.70. The van der Waals surface area contributed by atoms with Crippen LogP contribution in [0.3, 0.4) is 0 Å². The molecule has 2 aromatic carbocycles. The number of likely N-dealkylation sites (tertiary alicyclic amines) is 1. The lowest BCUT2D eigenvalue weighted by molar-refractivity contribution is -0.130. The lowest BCUT2D eigenvalue weighted by Gasteiger charge is -2.23. The lowest BCUT2D eigenvalue weighted by Crippen LogP contribution is -2.38. The molecule has 4 heteroatoms. The van der Waals surface area contributed by atoms with Crippen LogP contribution in [0.4, 0.5) is 0 Å². The van der Waals surface area contributed by atoms with Crippen LogP contribution in [0.5, 0.6) is 5.75 Å². The third-order valence-corrected chi connectivity index (χ3v) is 5.50. The van der Waals surface area contributed by atoms with Crippen molar-refractivity contribution in [3.8, 4) is 5.75 Å². The number of carbonyl (C=O) groups excluding carboxylic acids is 1. The van der Waals surface area contributed by atoms with Gasteiger partial charge in [-0.1, -0.05) is 42.5 Å². The van der Waals surface area contributed by atoms with Gasteiger partial charge >= 0.3 is 0 Å². The number of nitrogens with zero attached hydrogens (tertiary/aromatic N) is 1. The van der Waals surface area contributed by atoms with Gasteiger partial charge in [0.2, 0.25) is 5.91 Å². The monoisotopic (exact) mass is 351 g/mol. The summed E-state index contributed by atoms with van der Waals surface area (Å²) in [4.78, 5) is 14.3. The summed E-state index contributed by atoms with van der Waals surface area (Å²) in [5.41, 5.74) is 1.47. The van der Waals surface area contributed by atoms with E-state index in [0.29, 0.717) is 32.0 Å². The third-order valence-electron chi connectivity index (χ3n) is 5.50. The second kappa shape index (κ2) is 7.12. The predicted octanol–water partition coefficient (Wildman–Crippen LogP) is 3.18. The lowest BCUT2D eigenvalue weighted by atomic mass is 9.97. The molecule has 1 unspecified atom stereocenters. The first kappa shape index (κ1) is 17.1. The van der Waals surface area contributed by atoms with E-state index in [0.717, 1.165) is 36.1 Å². The van der Waals surface area contributed by atoms with Crippen molar-refractivity contribution < 1.29 is 14.6 Å². The van der Waals surface area contributed by atoms with E-state index < -0.39 is 5.60 Å². The number of benzene rings is 2. The van der Waals surface area contributed by atoms with Gasteiger partial charge in [-0.2, -0.15) is 0 Å². The number of carbonyl (C=O) groups is 1. The van der Waals surface area contributed by atoms with Crippen molar-refractivity contribution in [1.29, 1.82) is 0 Å². The van der Waals surface area contributed by atoms with Crippen LogP contribution in [-0.4, -0.2) is 34.6 Å². The molecule has 136 valence electrons. The topological polar surface area (TPSA) is 49.8 Å². The van der Waals surface area contributed by atoms with E-state index in [-0.39, 0.29) is 5.91 Å². The molecule has 1 aliphatic heterocycles. The molecular weight excluding hydrogens is 326 g/mol. The highest BCUT2D eigenvalue weighted by atomic mass is 16.5. The Kier molecular flexibility index (Phi) is 4.68. The molecule has 0 spiro atoms. The van der Waals surface area contributed by atoms with E-state index in [1.54, 1.807) is 0 Å². The number of rotatable bonds is 6. The minimum absolute atomic E-state index is 0.0968. The zero-order chi connectivity index (χ0) is 18.0.